The summed E-state index contributed by atoms with van der Waals surface area (Å²) in [7, 11) is 0. The van der Waals surface area contributed by atoms with Gasteiger partial charge in [0, 0.05) is 30.0 Å². The first-order valence-electron chi connectivity index (χ1n) is 10.4. The molecule has 2 fully saturated rings. The molecule has 2 aliphatic rings. The number of aliphatic carboxylic acids is 1. The van der Waals surface area contributed by atoms with Gasteiger partial charge in [0.1, 0.15) is 0 Å². The van der Waals surface area contributed by atoms with E-state index >= 15 is 0 Å². The molecule has 2 saturated carbocycles. The van der Waals surface area contributed by atoms with Crippen LogP contribution in [0.15, 0.2) is 24.3 Å². The largest absolute Gasteiger partial charge is 0.481 e. The number of aryl methyl sites for hydroxylation is 1. The molecular weight excluding hydrogens is 356 g/mol. The van der Waals surface area contributed by atoms with E-state index in [-0.39, 0.29) is 36.1 Å². The number of hydrogen-bond acceptors (Lipinski definition) is 3. The highest BCUT2D eigenvalue weighted by atomic mass is 16.4. The van der Waals surface area contributed by atoms with E-state index in [0.717, 1.165) is 56.9 Å². The molecule has 3 rings (SSSR count). The zero-order valence-electron chi connectivity index (χ0n) is 16.3. The Morgan fingerprint density at radius 2 is 1.61 bits per heavy atom. The second-order valence-electron chi connectivity index (χ2n) is 8.12. The maximum atomic E-state index is 12.6. The van der Waals surface area contributed by atoms with Gasteiger partial charge in [0.2, 0.25) is 11.8 Å². The van der Waals surface area contributed by atoms with Crippen molar-refractivity contribution in [1.82, 2.24) is 5.32 Å². The van der Waals surface area contributed by atoms with Crippen molar-refractivity contribution in [1.29, 1.82) is 0 Å². The molecule has 0 aliphatic heterocycles. The van der Waals surface area contributed by atoms with E-state index in [0.29, 0.717) is 12.1 Å². The Bertz CT molecular complexity index is 704. The van der Waals surface area contributed by atoms with Crippen molar-refractivity contribution >= 4 is 23.5 Å². The van der Waals surface area contributed by atoms with Crippen LogP contribution < -0.4 is 10.6 Å². The molecule has 1 aromatic carbocycles. The van der Waals surface area contributed by atoms with E-state index in [2.05, 4.69) is 10.6 Å². The highest BCUT2D eigenvalue weighted by Gasteiger charge is 2.29. The molecule has 2 aliphatic carbocycles. The fourth-order valence-electron chi connectivity index (χ4n) is 4.31. The van der Waals surface area contributed by atoms with Gasteiger partial charge in [-0.3, -0.25) is 14.4 Å². The van der Waals surface area contributed by atoms with Crippen molar-refractivity contribution in [2.45, 2.75) is 70.3 Å². The van der Waals surface area contributed by atoms with Crippen LogP contribution >= 0.6 is 0 Å². The van der Waals surface area contributed by atoms with Crippen LogP contribution in [-0.4, -0.2) is 28.9 Å². The molecule has 0 aromatic heterocycles. The number of anilines is 1. The van der Waals surface area contributed by atoms with Crippen LogP contribution in [-0.2, 0) is 20.8 Å². The van der Waals surface area contributed by atoms with E-state index in [9.17, 15) is 14.4 Å². The second-order valence-corrected chi connectivity index (χ2v) is 8.12. The van der Waals surface area contributed by atoms with Crippen LogP contribution in [0.25, 0.3) is 0 Å². The average Bonchev–Trinajstić information content (AvgIpc) is 3.22. The molecular formula is C22H30N2O4. The number of carboxylic acids is 1. The highest BCUT2D eigenvalue weighted by molar-refractivity contribution is 5.92. The molecule has 6 nitrogen and oxygen atoms in total. The molecule has 6 heteroatoms. The van der Waals surface area contributed by atoms with Crippen molar-refractivity contribution in [2.75, 3.05) is 5.32 Å². The maximum Gasteiger partial charge on any atom is 0.303 e. The Kier molecular flexibility index (Phi) is 7.06. The van der Waals surface area contributed by atoms with Crippen LogP contribution in [0.1, 0.15) is 63.4 Å². The first-order valence-corrected chi connectivity index (χ1v) is 10.4. The summed E-state index contributed by atoms with van der Waals surface area (Å²) >= 11 is 0. The fourth-order valence-corrected chi connectivity index (χ4v) is 4.31. The predicted molar refractivity (Wildman–Crippen MR) is 107 cm³/mol. The van der Waals surface area contributed by atoms with E-state index in [1.807, 2.05) is 24.3 Å². The van der Waals surface area contributed by atoms with Crippen molar-refractivity contribution < 1.29 is 19.5 Å². The summed E-state index contributed by atoms with van der Waals surface area (Å²) < 4.78 is 0. The first-order chi connectivity index (χ1) is 13.5. The first kappa shape index (κ1) is 20.4. The maximum absolute atomic E-state index is 12.6. The number of nitrogens with one attached hydrogen (secondary N) is 2. The third-order valence-electron chi connectivity index (χ3n) is 5.99. The van der Waals surface area contributed by atoms with E-state index in [4.69, 9.17) is 5.11 Å². The number of benzene rings is 1. The van der Waals surface area contributed by atoms with Gasteiger partial charge in [-0.25, -0.2) is 0 Å². The molecule has 0 radical (unpaired) electrons. The van der Waals surface area contributed by atoms with Gasteiger partial charge in [0.05, 0.1) is 0 Å². The summed E-state index contributed by atoms with van der Waals surface area (Å²) in [5, 5.41) is 14.9. The van der Waals surface area contributed by atoms with E-state index in [1.165, 1.54) is 0 Å². The molecule has 0 heterocycles. The molecule has 3 N–H and O–H groups in total. The minimum atomic E-state index is -0.828. The Hall–Kier alpha value is -2.37. The van der Waals surface area contributed by atoms with Crippen LogP contribution in [0.3, 0.4) is 0 Å². The van der Waals surface area contributed by atoms with E-state index < -0.39 is 5.97 Å². The number of amides is 2. The van der Waals surface area contributed by atoms with Crippen LogP contribution in [0, 0.1) is 11.8 Å². The molecule has 0 atom stereocenters. The number of carbonyl (C=O) groups excluding carboxylic acids is 2. The van der Waals surface area contributed by atoms with Crippen molar-refractivity contribution in [3.8, 4) is 0 Å². The predicted octanol–water partition coefficient (Wildman–Crippen LogP) is 3.51. The Labute approximate surface area is 166 Å². The molecule has 0 unspecified atom stereocenters. The Balaban J connectivity index is 1.44. The normalized spacial score (nSPS) is 22.6. The van der Waals surface area contributed by atoms with Gasteiger partial charge in [-0.05, 0) is 62.6 Å². The SMILES string of the molecule is O=C(O)CCc1cccc(NC(=O)C2CCC(NC(=O)C3CCCC3)CC2)c1. The van der Waals surface area contributed by atoms with Gasteiger partial charge in [0.15, 0.2) is 0 Å². The fraction of sp³-hybridized carbons (Fsp3) is 0.591. The minimum Gasteiger partial charge on any atom is -0.481 e. The molecule has 0 bridgehead atoms. The quantitative estimate of drug-likeness (QED) is 0.668. The Morgan fingerprint density at radius 3 is 2.29 bits per heavy atom. The lowest BCUT2D eigenvalue weighted by atomic mass is 9.85. The second kappa shape index (κ2) is 9.71. The van der Waals surface area contributed by atoms with Crippen LogP contribution in [0.5, 0.6) is 0 Å². The van der Waals surface area contributed by atoms with Crippen LogP contribution in [0.4, 0.5) is 5.69 Å². The molecule has 152 valence electrons. The summed E-state index contributed by atoms with van der Waals surface area (Å²) in [5.41, 5.74) is 1.61. The third kappa shape index (κ3) is 5.81. The lowest BCUT2D eigenvalue weighted by Gasteiger charge is -2.29. The van der Waals surface area contributed by atoms with Gasteiger partial charge >= 0.3 is 5.97 Å². The summed E-state index contributed by atoms with van der Waals surface area (Å²) in [4.78, 5) is 35.6. The minimum absolute atomic E-state index is 0.0101. The molecule has 2 amide bonds. The summed E-state index contributed by atoms with van der Waals surface area (Å²) in [6.45, 7) is 0. The zero-order valence-corrected chi connectivity index (χ0v) is 16.3. The number of carbonyl (C=O) groups is 3. The smallest absolute Gasteiger partial charge is 0.303 e. The topological polar surface area (TPSA) is 95.5 Å². The summed E-state index contributed by atoms with van der Waals surface area (Å²) in [6, 6.07) is 7.57. The third-order valence-corrected chi connectivity index (χ3v) is 5.99. The Morgan fingerprint density at radius 1 is 0.929 bits per heavy atom. The average molecular weight is 386 g/mol. The zero-order chi connectivity index (χ0) is 19.9. The molecule has 0 saturated heterocycles. The van der Waals surface area contributed by atoms with Gasteiger partial charge in [-0.1, -0.05) is 25.0 Å². The van der Waals surface area contributed by atoms with Crippen molar-refractivity contribution in [3.05, 3.63) is 29.8 Å². The molecule has 0 spiro atoms. The highest BCUT2D eigenvalue weighted by Crippen LogP contribution is 2.28. The number of carboxylic acid groups (broad SMARTS) is 1. The van der Waals surface area contributed by atoms with Crippen molar-refractivity contribution in [2.24, 2.45) is 11.8 Å². The van der Waals surface area contributed by atoms with Crippen molar-refractivity contribution in [3.63, 3.8) is 0 Å². The summed E-state index contributed by atoms with van der Waals surface area (Å²) in [6.07, 6.45) is 8.10. The van der Waals surface area contributed by atoms with Gasteiger partial charge < -0.3 is 15.7 Å². The van der Waals surface area contributed by atoms with Crippen LogP contribution in [0.2, 0.25) is 0 Å². The van der Waals surface area contributed by atoms with Gasteiger partial charge in [0.25, 0.3) is 0 Å². The lowest BCUT2D eigenvalue weighted by molar-refractivity contribution is -0.137. The standard InChI is InChI=1S/C22H30N2O4/c25-20(26)13-8-15-4-3-7-19(14-15)24-22(28)17-9-11-18(12-10-17)23-21(27)16-5-1-2-6-16/h3-4,7,14,16-18H,1-2,5-6,8-13H2,(H,23,27)(H,24,28)(H,25,26). The molecule has 1 aromatic rings. The number of rotatable bonds is 7. The summed E-state index contributed by atoms with van der Waals surface area (Å²) in [5.74, 6) is -0.470. The number of hydrogen-bond donors (Lipinski definition) is 3. The van der Waals surface area contributed by atoms with E-state index in [1.54, 1.807) is 0 Å². The van der Waals surface area contributed by atoms with Gasteiger partial charge in [-0.15, -0.1) is 0 Å². The molecule has 28 heavy (non-hydrogen) atoms. The van der Waals surface area contributed by atoms with Gasteiger partial charge in [-0.2, -0.15) is 0 Å². The monoisotopic (exact) mass is 386 g/mol. The lowest BCUT2D eigenvalue weighted by Crippen LogP contribution is -2.41.